The maximum absolute atomic E-state index is 8.87. The zero-order valence-electron chi connectivity index (χ0n) is 10.7. The Morgan fingerprint density at radius 3 is 2.95 bits per heavy atom. The minimum absolute atomic E-state index is 0.236. The predicted molar refractivity (Wildman–Crippen MR) is 79.9 cm³/mol. The minimum Gasteiger partial charge on any atom is -0.357 e. The Morgan fingerprint density at radius 2 is 2.26 bits per heavy atom. The van der Waals surface area contributed by atoms with E-state index in [1.807, 2.05) is 4.31 Å². The van der Waals surface area contributed by atoms with Gasteiger partial charge in [-0.2, -0.15) is 5.26 Å². The second kappa shape index (κ2) is 5.12. The lowest BCUT2D eigenvalue weighted by atomic mass is 10.2. The summed E-state index contributed by atoms with van der Waals surface area (Å²) in [7, 11) is 0. The standard InChI is InChI=1S/C12H15N5S2/c1-8-6-9(16-4-2-3-5-16)15-11-10(8)17(18-7-13)12(14)19-11/h6,12H,2-5,14H2,1H3. The number of nitrogens with two attached hydrogens (primary N) is 1. The van der Waals surface area contributed by atoms with Gasteiger partial charge in [-0.25, -0.2) is 4.98 Å². The van der Waals surface area contributed by atoms with Crippen LogP contribution in [0.3, 0.4) is 0 Å². The quantitative estimate of drug-likeness (QED) is 0.662. The van der Waals surface area contributed by atoms with Crippen molar-refractivity contribution in [3.63, 3.8) is 0 Å². The number of hydrogen-bond acceptors (Lipinski definition) is 7. The number of anilines is 2. The lowest BCUT2D eigenvalue weighted by molar-refractivity contribution is 0.913. The number of fused-ring (bicyclic) bond motifs is 1. The molecule has 1 unspecified atom stereocenters. The summed E-state index contributed by atoms with van der Waals surface area (Å²) < 4.78 is 1.84. The molecule has 0 amide bonds. The second-order valence-corrected chi connectivity index (χ2v) is 6.53. The van der Waals surface area contributed by atoms with Crippen molar-refractivity contribution >= 4 is 35.2 Å². The Bertz CT molecular complexity index is 536. The van der Waals surface area contributed by atoms with Crippen LogP contribution in [0.25, 0.3) is 0 Å². The Hall–Kier alpha value is -1.10. The van der Waals surface area contributed by atoms with E-state index in [2.05, 4.69) is 23.3 Å². The predicted octanol–water partition coefficient (Wildman–Crippen LogP) is 2.27. The van der Waals surface area contributed by atoms with Crippen molar-refractivity contribution in [2.24, 2.45) is 5.73 Å². The molecule has 0 aromatic carbocycles. The molecule has 1 aromatic rings. The first-order valence-corrected chi connectivity index (χ1v) is 7.90. The number of aromatic nitrogens is 1. The first kappa shape index (κ1) is 12.9. The summed E-state index contributed by atoms with van der Waals surface area (Å²) in [5.41, 5.74) is 7.94. The molecule has 0 radical (unpaired) electrons. The van der Waals surface area contributed by atoms with Crippen LogP contribution in [0.15, 0.2) is 11.1 Å². The first-order valence-electron chi connectivity index (χ1n) is 6.25. The molecular formula is C12H15N5S2. The lowest BCUT2D eigenvalue weighted by Crippen LogP contribution is -2.30. The Kier molecular flexibility index (Phi) is 3.48. The van der Waals surface area contributed by atoms with Crippen molar-refractivity contribution < 1.29 is 0 Å². The summed E-state index contributed by atoms with van der Waals surface area (Å²) in [6.45, 7) is 4.22. The summed E-state index contributed by atoms with van der Waals surface area (Å²) >= 11 is 2.60. The van der Waals surface area contributed by atoms with Crippen molar-refractivity contribution in [2.45, 2.75) is 30.3 Å². The van der Waals surface area contributed by atoms with Crippen LogP contribution in [0.2, 0.25) is 0 Å². The monoisotopic (exact) mass is 293 g/mol. The van der Waals surface area contributed by atoms with Gasteiger partial charge in [-0.05, 0) is 31.4 Å². The third-order valence-electron chi connectivity index (χ3n) is 3.39. The number of aryl methyl sites for hydroxylation is 1. The molecule has 3 heterocycles. The molecule has 2 N–H and O–H groups in total. The smallest absolute Gasteiger partial charge is 0.156 e. The van der Waals surface area contributed by atoms with E-state index in [-0.39, 0.29) is 5.50 Å². The topological polar surface area (TPSA) is 69.2 Å². The molecule has 100 valence electrons. The third-order valence-corrected chi connectivity index (χ3v) is 5.17. The molecule has 2 aliphatic heterocycles. The van der Waals surface area contributed by atoms with Gasteiger partial charge < -0.3 is 10.6 Å². The van der Waals surface area contributed by atoms with Gasteiger partial charge in [0.25, 0.3) is 0 Å². The molecule has 1 saturated heterocycles. The Morgan fingerprint density at radius 1 is 1.53 bits per heavy atom. The number of nitriles is 1. The first-order chi connectivity index (χ1) is 9.20. The van der Waals surface area contributed by atoms with Crippen molar-refractivity contribution in [1.29, 1.82) is 5.26 Å². The number of thiocyanates is 1. The summed E-state index contributed by atoms with van der Waals surface area (Å²) in [6.07, 6.45) is 2.47. The SMILES string of the molecule is Cc1cc(N2CCCC2)nc2c1N(SC#N)C(N)S2. The van der Waals surface area contributed by atoms with Crippen molar-refractivity contribution in [2.75, 3.05) is 22.3 Å². The van der Waals surface area contributed by atoms with Crippen molar-refractivity contribution in [3.8, 4) is 5.40 Å². The maximum atomic E-state index is 8.87. The van der Waals surface area contributed by atoms with Crippen molar-refractivity contribution in [3.05, 3.63) is 11.6 Å². The zero-order valence-corrected chi connectivity index (χ0v) is 12.3. The third kappa shape index (κ3) is 2.24. The fraction of sp³-hybridized carbons (Fsp3) is 0.500. The highest BCUT2D eigenvalue weighted by molar-refractivity contribution is 8.07. The molecule has 1 aromatic heterocycles. The Balaban J connectivity index is 1.98. The zero-order chi connectivity index (χ0) is 13.4. The molecule has 0 aliphatic carbocycles. The molecule has 7 heteroatoms. The summed E-state index contributed by atoms with van der Waals surface area (Å²) in [5, 5.41) is 11.9. The molecule has 5 nitrogen and oxygen atoms in total. The van der Waals surface area contributed by atoms with Gasteiger partial charge in [-0.1, -0.05) is 11.8 Å². The van der Waals surface area contributed by atoms with E-state index in [0.29, 0.717) is 0 Å². The fourth-order valence-corrected chi connectivity index (χ4v) is 4.29. The van der Waals surface area contributed by atoms with Gasteiger partial charge >= 0.3 is 0 Å². The molecule has 0 bridgehead atoms. The van der Waals surface area contributed by atoms with Gasteiger partial charge in [0.15, 0.2) is 5.40 Å². The van der Waals surface area contributed by atoms with E-state index in [4.69, 9.17) is 16.0 Å². The number of rotatable bonds is 2. The number of nitrogens with zero attached hydrogens (tertiary/aromatic N) is 4. The van der Waals surface area contributed by atoms with Gasteiger partial charge in [0.2, 0.25) is 0 Å². The van der Waals surface area contributed by atoms with E-state index in [1.165, 1.54) is 24.6 Å². The molecule has 3 rings (SSSR count). The van der Waals surface area contributed by atoms with E-state index >= 15 is 0 Å². The van der Waals surface area contributed by atoms with Crippen LogP contribution in [0.5, 0.6) is 0 Å². The average molecular weight is 293 g/mol. The summed E-state index contributed by atoms with van der Waals surface area (Å²) in [4.78, 5) is 7.04. The normalized spacial score (nSPS) is 21.6. The highest BCUT2D eigenvalue weighted by Crippen LogP contribution is 2.46. The summed E-state index contributed by atoms with van der Waals surface area (Å²) in [6, 6.07) is 2.10. The van der Waals surface area contributed by atoms with E-state index in [1.54, 1.807) is 0 Å². The lowest BCUT2D eigenvalue weighted by Gasteiger charge is -2.21. The van der Waals surface area contributed by atoms with Gasteiger partial charge in [-0.15, -0.1) is 0 Å². The number of thioether (sulfide) groups is 1. The maximum Gasteiger partial charge on any atom is 0.156 e. The van der Waals surface area contributed by atoms with Crippen LogP contribution >= 0.6 is 23.7 Å². The van der Waals surface area contributed by atoms with Crippen LogP contribution in [0, 0.1) is 17.6 Å². The molecular weight excluding hydrogens is 278 g/mol. The Labute approximate surface area is 121 Å². The summed E-state index contributed by atoms with van der Waals surface area (Å²) in [5.74, 6) is 1.04. The van der Waals surface area contributed by atoms with E-state index < -0.39 is 0 Å². The minimum atomic E-state index is -0.236. The highest BCUT2D eigenvalue weighted by atomic mass is 32.2. The van der Waals surface area contributed by atoms with Gasteiger partial charge in [-0.3, -0.25) is 4.31 Å². The van der Waals surface area contributed by atoms with Crippen LogP contribution in [-0.4, -0.2) is 23.6 Å². The molecule has 2 aliphatic rings. The van der Waals surface area contributed by atoms with E-state index in [0.717, 1.165) is 47.1 Å². The average Bonchev–Trinajstić information content (AvgIpc) is 2.98. The van der Waals surface area contributed by atoms with Crippen LogP contribution < -0.4 is 14.9 Å². The number of hydrogen-bond donors (Lipinski definition) is 1. The fourth-order valence-electron chi connectivity index (χ4n) is 2.51. The molecule has 1 atom stereocenters. The van der Waals surface area contributed by atoms with Gasteiger partial charge in [0, 0.05) is 13.1 Å². The van der Waals surface area contributed by atoms with Crippen LogP contribution in [0.1, 0.15) is 18.4 Å². The molecule has 1 fully saturated rings. The van der Waals surface area contributed by atoms with Gasteiger partial charge in [0.1, 0.15) is 16.3 Å². The van der Waals surface area contributed by atoms with Crippen molar-refractivity contribution in [1.82, 2.24) is 4.98 Å². The second-order valence-electron chi connectivity index (χ2n) is 4.66. The highest BCUT2D eigenvalue weighted by Gasteiger charge is 2.32. The van der Waals surface area contributed by atoms with Gasteiger partial charge in [0.05, 0.1) is 17.6 Å². The molecule has 19 heavy (non-hydrogen) atoms. The van der Waals surface area contributed by atoms with E-state index in [9.17, 15) is 0 Å². The largest absolute Gasteiger partial charge is 0.357 e. The molecule has 0 spiro atoms. The molecule has 0 saturated carbocycles. The van der Waals surface area contributed by atoms with Crippen LogP contribution in [-0.2, 0) is 0 Å². The number of pyridine rings is 1. The van der Waals surface area contributed by atoms with Crippen LogP contribution in [0.4, 0.5) is 11.5 Å².